The summed E-state index contributed by atoms with van der Waals surface area (Å²) in [5.74, 6) is 0. The summed E-state index contributed by atoms with van der Waals surface area (Å²) in [6, 6.07) is 3.70. The number of hydrogen-bond acceptors (Lipinski definition) is 2. The molecule has 0 fully saturated rings. The van der Waals surface area contributed by atoms with Gasteiger partial charge in [0, 0.05) is 12.2 Å². The predicted molar refractivity (Wildman–Crippen MR) is 91.4 cm³/mol. The van der Waals surface area contributed by atoms with Gasteiger partial charge in [0.15, 0.2) is 0 Å². The Labute approximate surface area is 140 Å². The summed E-state index contributed by atoms with van der Waals surface area (Å²) in [4.78, 5) is 18.7. The molecular weight excluding hydrogens is 321 g/mol. The zero-order chi connectivity index (χ0) is 16.4. The fraction of sp³-hybridized carbons (Fsp3) is 0.375. The molecule has 0 saturated heterocycles. The summed E-state index contributed by atoms with van der Waals surface area (Å²) in [6.45, 7) is 7.98. The molecule has 22 heavy (non-hydrogen) atoms. The number of carbonyl (C=O) groups excluding carboxylic acids is 1. The monoisotopic (exact) mass is 339 g/mol. The zero-order valence-corrected chi connectivity index (χ0v) is 14.6. The van der Waals surface area contributed by atoms with Crippen molar-refractivity contribution in [3.63, 3.8) is 0 Å². The number of benzene rings is 1. The predicted octanol–water partition coefficient (Wildman–Crippen LogP) is 5.00. The fourth-order valence-electron chi connectivity index (χ4n) is 2.21. The summed E-state index contributed by atoms with van der Waals surface area (Å²) in [5, 5.41) is 0. The average molecular weight is 340 g/mol. The minimum atomic E-state index is -0.223. The van der Waals surface area contributed by atoms with Crippen LogP contribution >= 0.6 is 23.2 Å². The number of carbonyl (C=O) groups is 1. The van der Waals surface area contributed by atoms with Crippen LogP contribution < -0.4 is 0 Å². The third-order valence-electron chi connectivity index (χ3n) is 3.89. The molecule has 2 rings (SSSR count). The summed E-state index contributed by atoms with van der Waals surface area (Å²) >= 11 is 11.5. The molecule has 0 spiro atoms. The molecule has 1 heterocycles. The summed E-state index contributed by atoms with van der Waals surface area (Å²) in [5.41, 5.74) is 3.83. The number of halogens is 2. The first-order chi connectivity index (χ1) is 10.3. The minimum absolute atomic E-state index is 0.0241. The Morgan fingerprint density at radius 3 is 2.59 bits per heavy atom. The van der Waals surface area contributed by atoms with Crippen molar-refractivity contribution < 1.29 is 4.79 Å². The molecule has 1 atom stereocenters. The summed E-state index contributed by atoms with van der Waals surface area (Å²) in [7, 11) is 0. The largest absolute Gasteiger partial charge is 0.334 e. The van der Waals surface area contributed by atoms with Gasteiger partial charge in [-0.05, 0) is 50.5 Å². The molecule has 118 valence electrons. The molecule has 0 bridgehead atoms. The van der Waals surface area contributed by atoms with Crippen molar-refractivity contribution >= 4 is 40.3 Å². The molecule has 4 nitrogen and oxygen atoms in total. The standard InChI is InChI=1S/C16H19Cl2N3O/c1-5-12(4)20(8-15(17)18)16(22)21-9-19-13-6-10(2)11(3)7-14(13)21/h6-9,12H,5H2,1-4H3. The first-order valence-corrected chi connectivity index (χ1v) is 7.90. The van der Waals surface area contributed by atoms with Crippen molar-refractivity contribution in [3.8, 4) is 0 Å². The molecule has 0 aliphatic carbocycles. The summed E-state index contributed by atoms with van der Waals surface area (Å²) < 4.78 is 1.58. The lowest BCUT2D eigenvalue weighted by molar-refractivity contribution is 0.204. The number of imidazole rings is 1. The van der Waals surface area contributed by atoms with Crippen LogP contribution in [0.25, 0.3) is 11.0 Å². The Bertz CT molecular complexity index is 732. The highest BCUT2D eigenvalue weighted by atomic mass is 35.5. The first-order valence-electron chi connectivity index (χ1n) is 7.15. The van der Waals surface area contributed by atoms with Crippen LogP contribution in [-0.4, -0.2) is 26.5 Å². The highest BCUT2D eigenvalue weighted by molar-refractivity contribution is 6.55. The third-order valence-corrected chi connectivity index (χ3v) is 4.09. The van der Waals surface area contributed by atoms with Crippen LogP contribution in [0.3, 0.4) is 0 Å². The Morgan fingerprint density at radius 1 is 1.36 bits per heavy atom. The zero-order valence-electron chi connectivity index (χ0n) is 13.1. The highest BCUT2D eigenvalue weighted by Crippen LogP contribution is 2.21. The molecular formula is C16H19Cl2N3O. The van der Waals surface area contributed by atoms with Gasteiger partial charge in [0.05, 0.1) is 11.0 Å². The molecule has 0 aliphatic heterocycles. The van der Waals surface area contributed by atoms with Gasteiger partial charge in [0.2, 0.25) is 0 Å². The van der Waals surface area contributed by atoms with Gasteiger partial charge in [-0.3, -0.25) is 9.47 Å². The maximum absolute atomic E-state index is 12.8. The Hall–Kier alpha value is -1.52. The normalized spacial score (nSPS) is 12.3. The Kier molecular flexibility index (Phi) is 5.14. The van der Waals surface area contributed by atoms with Crippen LogP contribution in [0.4, 0.5) is 4.79 Å². The van der Waals surface area contributed by atoms with E-state index < -0.39 is 0 Å². The summed E-state index contributed by atoms with van der Waals surface area (Å²) in [6.07, 6.45) is 3.78. The van der Waals surface area contributed by atoms with E-state index in [2.05, 4.69) is 4.98 Å². The highest BCUT2D eigenvalue weighted by Gasteiger charge is 2.21. The van der Waals surface area contributed by atoms with E-state index in [0.717, 1.165) is 28.6 Å². The molecule has 0 N–H and O–H groups in total. The molecule has 1 unspecified atom stereocenters. The number of amides is 1. The van der Waals surface area contributed by atoms with Crippen molar-refractivity contribution in [1.82, 2.24) is 14.5 Å². The second-order valence-electron chi connectivity index (χ2n) is 5.41. The first kappa shape index (κ1) is 16.8. The lowest BCUT2D eigenvalue weighted by Gasteiger charge is -2.25. The maximum atomic E-state index is 12.8. The molecule has 1 aromatic carbocycles. The molecule has 1 amide bonds. The second-order valence-corrected chi connectivity index (χ2v) is 6.41. The van der Waals surface area contributed by atoms with Crippen LogP contribution in [-0.2, 0) is 0 Å². The average Bonchev–Trinajstić information content (AvgIpc) is 2.86. The van der Waals surface area contributed by atoms with E-state index in [1.54, 1.807) is 0 Å². The van der Waals surface area contributed by atoms with E-state index in [9.17, 15) is 4.79 Å². The van der Waals surface area contributed by atoms with Crippen molar-refractivity contribution in [2.24, 2.45) is 0 Å². The SMILES string of the molecule is CCC(C)N(C=C(Cl)Cl)C(=O)n1cnc2cc(C)c(C)cc21. The van der Waals surface area contributed by atoms with Gasteiger partial charge in [0.25, 0.3) is 0 Å². The van der Waals surface area contributed by atoms with Gasteiger partial charge in [-0.2, -0.15) is 0 Å². The van der Waals surface area contributed by atoms with E-state index in [1.807, 2.05) is 39.8 Å². The van der Waals surface area contributed by atoms with Crippen LogP contribution in [0.5, 0.6) is 0 Å². The lowest BCUT2D eigenvalue weighted by atomic mass is 10.1. The van der Waals surface area contributed by atoms with Gasteiger partial charge in [-0.15, -0.1) is 0 Å². The topological polar surface area (TPSA) is 38.1 Å². The van der Waals surface area contributed by atoms with Gasteiger partial charge < -0.3 is 0 Å². The van der Waals surface area contributed by atoms with E-state index in [0.29, 0.717) is 0 Å². The smallest absolute Gasteiger partial charge is 0.295 e. The van der Waals surface area contributed by atoms with Gasteiger partial charge in [-0.25, -0.2) is 9.78 Å². The van der Waals surface area contributed by atoms with Gasteiger partial charge in [-0.1, -0.05) is 30.1 Å². The number of hydrogen-bond donors (Lipinski definition) is 0. The Balaban J connectivity index is 2.51. The number of fused-ring (bicyclic) bond motifs is 1. The molecule has 0 aliphatic rings. The van der Waals surface area contributed by atoms with Crippen molar-refractivity contribution in [1.29, 1.82) is 0 Å². The minimum Gasteiger partial charge on any atom is -0.295 e. The number of rotatable bonds is 3. The maximum Gasteiger partial charge on any atom is 0.334 e. The molecule has 6 heteroatoms. The molecule has 0 radical (unpaired) electrons. The van der Waals surface area contributed by atoms with E-state index in [1.165, 1.54) is 22.0 Å². The number of aryl methyl sites for hydroxylation is 2. The molecule has 1 aromatic heterocycles. The number of nitrogens with zero attached hydrogens (tertiary/aromatic N) is 3. The van der Waals surface area contributed by atoms with Crippen molar-refractivity contribution in [2.75, 3.05) is 0 Å². The Morgan fingerprint density at radius 2 is 2.00 bits per heavy atom. The van der Waals surface area contributed by atoms with Gasteiger partial charge in [0.1, 0.15) is 10.8 Å². The second kappa shape index (κ2) is 6.71. The quantitative estimate of drug-likeness (QED) is 0.789. The van der Waals surface area contributed by atoms with Crippen molar-refractivity contribution in [2.45, 2.75) is 40.2 Å². The molecule has 2 aromatic rings. The van der Waals surface area contributed by atoms with Crippen LogP contribution in [0.15, 0.2) is 29.2 Å². The van der Waals surface area contributed by atoms with E-state index >= 15 is 0 Å². The molecule has 0 saturated carbocycles. The fourth-order valence-corrected chi connectivity index (χ4v) is 2.42. The van der Waals surface area contributed by atoms with Crippen LogP contribution in [0, 0.1) is 13.8 Å². The van der Waals surface area contributed by atoms with Crippen LogP contribution in [0.1, 0.15) is 31.4 Å². The van der Waals surface area contributed by atoms with E-state index in [4.69, 9.17) is 23.2 Å². The number of aromatic nitrogens is 2. The van der Waals surface area contributed by atoms with E-state index in [-0.39, 0.29) is 16.6 Å². The third kappa shape index (κ3) is 3.28. The lowest BCUT2D eigenvalue weighted by Crippen LogP contribution is -2.36. The van der Waals surface area contributed by atoms with Gasteiger partial charge >= 0.3 is 6.03 Å². The van der Waals surface area contributed by atoms with Crippen molar-refractivity contribution in [3.05, 3.63) is 40.3 Å². The van der Waals surface area contributed by atoms with Crippen LogP contribution in [0.2, 0.25) is 0 Å².